The number of carbonyl (C=O) groups is 1. The van der Waals surface area contributed by atoms with Crippen LogP contribution in [0.4, 0.5) is 18.0 Å². The molecule has 0 spiro atoms. The molecular weight excluding hydrogens is 425 g/mol. The fourth-order valence-electron chi connectivity index (χ4n) is 4.74. The molecule has 2 atom stereocenters. The van der Waals surface area contributed by atoms with E-state index in [-0.39, 0.29) is 29.9 Å². The van der Waals surface area contributed by atoms with E-state index in [0.29, 0.717) is 29.7 Å². The maximum Gasteiger partial charge on any atom is 0.416 e. The highest BCUT2D eigenvalue weighted by atomic mass is 19.4. The summed E-state index contributed by atoms with van der Waals surface area (Å²) in [5.41, 5.74) is -0.0779. The number of amides is 1. The summed E-state index contributed by atoms with van der Waals surface area (Å²) in [5, 5.41) is 21.8. The van der Waals surface area contributed by atoms with Crippen molar-refractivity contribution >= 4 is 6.09 Å². The van der Waals surface area contributed by atoms with E-state index in [1.54, 1.807) is 30.3 Å². The summed E-state index contributed by atoms with van der Waals surface area (Å²) in [7, 11) is 0. The highest BCUT2D eigenvalue weighted by Crippen LogP contribution is 2.55. The van der Waals surface area contributed by atoms with Gasteiger partial charge in [-0.15, -0.1) is 0 Å². The number of halogens is 3. The zero-order valence-corrected chi connectivity index (χ0v) is 16.7. The van der Waals surface area contributed by atoms with Gasteiger partial charge in [-0.25, -0.2) is 4.79 Å². The van der Waals surface area contributed by atoms with E-state index < -0.39 is 23.9 Å². The molecule has 1 aromatic heterocycles. The third kappa shape index (κ3) is 3.16. The zero-order valence-electron chi connectivity index (χ0n) is 16.7. The number of benzene rings is 2. The summed E-state index contributed by atoms with van der Waals surface area (Å²) >= 11 is 0. The Morgan fingerprint density at radius 3 is 2.41 bits per heavy atom. The first kappa shape index (κ1) is 20.3. The molecule has 0 saturated carbocycles. The summed E-state index contributed by atoms with van der Waals surface area (Å²) in [6, 6.07) is 12.4. The van der Waals surface area contributed by atoms with Gasteiger partial charge in [-0.2, -0.15) is 13.2 Å². The molecule has 3 heterocycles. The molecule has 0 radical (unpaired) electrons. The van der Waals surface area contributed by atoms with Gasteiger partial charge in [0.25, 0.3) is 0 Å². The monoisotopic (exact) mass is 444 g/mol. The van der Waals surface area contributed by atoms with E-state index in [9.17, 15) is 28.2 Å². The molecular formula is C23H19F3N2O4. The van der Waals surface area contributed by atoms with Crippen molar-refractivity contribution in [3.8, 4) is 23.2 Å². The lowest BCUT2D eigenvalue weighted by Crippen LogP contribution is -2.46. The number of alkyl halides is 3. The lowest BCUT2D eigenvalue weighted by Gasteiger charge is -2.44. The lowest BCUT2D eigenvalue weighted by molar-refractivity contribution is -0.137. The fraction of sp³-hybridized carbons (Fsp3) is 0.261. The Balaban J connectivity index is 1.53. The molecule has 3 aliphatic rings. The normalized spacial score (nSPS) is 19.7. The Hall–Kier alpha value is -3.62. The molecule has 9 heteroatoms. The Labute approximate surface area is 181 Å². The highest BCUT2D eigenvalue weighted by Gasteiger charge is 2.47. The molecule has 1 amide bonds. The van der Waals surface area contributed by atoms with Crippen molar-refractivity contribution in [1.29, 1.82) is 0 Å². The SMILES string of the molecule is O=C(Oc1ccccc1)N1CC2CCC1c1c2c(O)n(-c2cccc(C(F)(F)F)c2)c1O. The van der Waals surface area contributed by atoms with Crippen LogP contribution in [0.25, 0.3) is 5.69 Å². The summed E-state index contributed by atoms with van der Waals surface area (Å²) in [6.45, 7) is 0.281. The smallest absolute Gasteiger partial charge is 0.416 e. The van der Waals surface area contributed by atoms with Gasteiger partial charge in [0, 0.05) is 23.6 Å². The minimum Gasteiger partial charge on any atom is -0.494 e. The van der Waals surface area contributed by atoms with Crippen molar-refractivity contribution in [3.05, 3.63) is 71.3 Å². The van der Waals surface area contributed by atoms with Crippen LogP contribution in [0.15, 0.2) is 54.6 Å². The first-order valence-corrected chi connectivity index (χ1v) is 10.1. The molecule has 2 bridgehead atoms. The minimum absolute atomic E-state index is 0.0120. The van der Waals surface area contributed by atoms with Crippen LogP contribution in [0.5, 0.6) is 17.5 Å². The quantitative estimate of drug-likeness (QED) is 0.560. The van der Waals surface area contributed by atoms with Crippen LogP contribution in [-0.2, 0) is 6.18 Å². The lowest BCUT2D eigenvalue weighted by atomic mass is 9.76. The van der Waals surface area contributed by atoms with E-state index in [4.69, 9.17) is 4.74 Å². The third-order valence-electron chi connectivity index (χ3n) is 6.13. The number of ether oxygens (including phenoxy) is 1. The molecule has 6 rings (SSSR count). The predicted octanol–water partition coefficient (Wildman–Crippen LogP) is 5.34. The third-order valence-corrected chi connectivity index (χ3v) is 6.13. The molecule has 32 heavy (non-hydrogen) atoms. The second kappa shape index (κ2) is 7.22. The van der Waals surface area contributed by atoms with E-state index in [2.05, 4.69) is 0 Å². The molecule has 2 aliphatic heterocycles. The topological polar surface area (TPSA) is 74.9 Å². The van der Waals surface area contributed by atoms with Crippen LogP contribution < -0.4 is 4.74 Å². The Kier molecular flexibility index (Phi) is 4.58. The first-order valence-electron chi connectivity index (χ1n) is 10.1. The molecule has 2 aromatic carbocycles. The molecule has 1 saturated heterocycles. The molecule has 2 unspecified atom stereocenters. The van der Waals surface area contributed by atoms with Crippen molar-refractivity contribution < 1.29 is 32.9 Å². The van der Waals surface area contributed by atoms with E-state index in [0.717, 1.165) is 16.7 Å². The van der Waals surface area contributed by atoms with Gasteiger partial charge in [-0.1, -0.05) is 24.3 Å². The number of aromatic hydroxyl groups is 2. The molecule has 1 aliphatic carbocycles. The standard InChI is InChI=1S/C23H19F3N2O4/c24-23(25,26)14-5-4-6-15(11-14)28-20(29)18-13-9-10-17(19(18)21(28)30)27(12-13)22(31)32-16-7-2-1-3-8-16/h1-8,11,13,17,29-30H,9-10,12H2. The molecule has 1 fully saturated rings. The van der Waals surface area contributed by atoms with Gasteiger partial charge in [-0.3, -0.25) is 9.47 Å². The summed E-state index contributed by atoms with van der Waals surface area (Å²) in [6.07, 6.45) is -3.93. The number of hydrogen-bond acceptors (Lipinski definition) is 4. The molecule has 2 N–H and O–H groups in total. The summed E-state index contributed by atoms with van der Waals surface area (Å²) < 4.78 is 46.0. The summed E-state index contributed by atoms with van der Waals surface area (Å²) in [4.78, 5) is 14.3. The van der Waals surface area contributed by atoms with Crippen molar-refractivity contribution in [2.75, 3.05) is 6.54 Å². The molecule has 166 valence electrons. The maximum absolute atomic E-state index is 13.2. The Morgan fingerprint density at radius 1 is 0.969 bits per heavy atom. The Bertz CT molecular complexity index is 1190. The molecule has 6 nitrogen and oxygen atoms in total. The number of para-hydroxylation sites is 1. The average Bonchev–Trinajstić information content (AvgIpc) is 3.06. The maximum atomic E-state index is 13.2. The van der Waals surface area contributed by atoms with Gasteiger partial charge in [-0.05, 0) is 43.2 Å². The number of carbonyl (C=O) groups excluding carboxylic acids is 1. The van der Waals surface area contributed by atoms with Crippen LogP contribution in [0.1, 0.15) is 41.5 Å². The fourth-order valence-corrected chi connectivity index (χ4v) is 4.74. The van der Waals surface area contributed by atoms with E-state index in [1.165, 1.54) is 17.0 Å². The van der Waals surface area contributed by atoms with Crippen LogP contribution >= 0.6 is 0 Å². The van der Waals surface area contributed by atoms with Crippen molar-refractivity contribution in [2.45, 2.75) is 31.0 Å². The largest absolute Gasteiger partial charge is 0.494 e. The van der Waals surface area contributed by atoms with Crippen molar-refractivity contribution in [2.24, 2.45) is 0 Å². The van der Waals surface area contributed by atoms with Gasteiger partial charge < -0.3 is 14.9 Å². The number of rotatable bonds is 2. The van der Waals surface area contributed by atoms with Gasteiger partial charge in [0.05, 0.1) is 17.3 Å². The van der Waals surface area contributed by atoms with Crippen LogP contribution in [-0.4, -0.2) is 32.3 Å². The van der Waals surface area contributed by atoms with E-state index in [1.807, 2.05) is 0 Å². The average molecular weight is 444 g/mol. The number of aromatic nitrogens is 1. The van der Waals surface area contributed by atoms with Gasteiger partial charge in [0.2, 0.25) is 11.8 Å². The zero-order chi connectivity index (χ0) is 22.6. The van der Waals surface area contributed by atoms with Crippen LogP contribution in [0.3, 0.4) is 0 Å². The number of nitrogens with zero attached hydrogens (tertiary/aromatic N) is 2. The first-order chi connectivity index (χ1) is 15.3. The van der Waals surface area contributed by atoms with E-state index >= 15 is 0 Å². The number of fused-ring (bicyclic) bond motifs is 2. The van der Waals surface area contributed by atoms with Gasteiger partial charge >= 0.3 is 12.3 Å². The van der Waals surface area contributed by atoms with Crippen LogP contribution in [0, 0.1) is 0 Å². The van der Waals surface area contributed by atoms with Gasteiger partial charge in [0.15, 0.2) is 0 Å². The predicted molar refractivity (Wildman–Crippen MR) is 108 cm³/mol. The molecule has 3 aromatic rings. The Morgan fingerprint density at radius 2 is 1.69 bits per heavy atom. The van der Waals surface area contributed by atoms with Crippen LogP contribution in [0.2, 0.25) is 0 Å². The van der Waals surface area contributed by atoms with Crippen molar-refractivity contribution in [1.82, 2.24) is 9.47 Å². The minimum atomic E-state index is -4.56. The van der Waals surface area contributed by atoms with Gasteiger partial charge in [0.1, 0.15) is 5.75 Å². The summed E-state index contributed by atoms with van der Waals surface area (Å²) in [5.74, 6) is -0.560. The van der Waals surface area contributed by atoms with Crippen molar-refractivity contribution in [3.63, 3.8) is 0 Å². The second-order valence-electron chi connectivity index (χ2n) is 7.98. The number of piperidine rings is 1. The number of hydrogen-bond donors (Lipinski definition) is 2. The highest BCUT2D eigenvalue weighted by molar-refractivity contribution is 5.73. The second-order valence-corrected chi connectivity index (χ2v) is 7.98.